The number of nitrogens with one attached hydrogen (secondary N) is 1. The van der Waals surface area contributed by atoms with Gasteiger partial charge in [0, 0.05) is 25.0 Å². The summed E-state index contributed by atoms with van der Waals surface area (Å²) in [7, 11) is 0. The summed E-state index contributed by atoms with van der Waals surface area (Å²) in [6, 6.07) is 4.23. The summed E-state index contributed by atoms with van der Waals surface area (Å²) < 4.78 is 0. The number of carboxylic acids is 1. The van der Waals surface area contributed by atoms with Crippen LogP contribution >= 0.6 is 0 Å². The van der Waals surface area contributed by atoms with Crippen LogP contribution in [0.4, 0.5) is 5.82 Å². The van der Waals surface area contributed by atoms with Gasteiger partial charge in [-0.05, 0) is 56.6 Å². The Balaban J connectivity index is 1.53. The minimum absolute atomic E-state index is 0.0323. The maximum atomic E-state index is 13.2. The highest BCUT2D eigenvalue weighted by Crippen LogP contribution is 2.50. The Labute approximate surface area is 185 Å². The standard InChI is InChI=1S/C25H37N3O3/c1-2-7-18-16-21(18)23-20(24(29)26-19-9-4-3-5-10-19)11-12-22(27-23)28-14-6-8-17(13-15-28)25(30)31/h11-12,17-19,21H,2-10,13-16H2,1H3,(H,26,29)(H,30,31). The number of aliphatic carboxylic acids is 1. The number of carbonyl (C=O) groups is 2. The molecule has 3 aliphatic rings. The first-order valence-corrected chi connectivity index (χ1v) is 12.4. The van der Waals surface area contributed by atoms with Crippen molar-refractivity contribution in [2.75, 3.05) is 18.0 Å². The summed E-state index contributed by atoms with van der Waals surface area (Å²) in [6.45, 7) is 3.75. The van der Waals surface area contributed by atoms with Crippen LogP contribution in [-0.2, 0) is 4.79 Å². The molecule has 3 unspecified atom stereocenters. The number of nitrogens with zero attached hydrogens (tertiary/aromatic N) is 2. The second-order valence-corrected chi connectivity index (χ2v) is 9.75. The van der Waals surface area contributed by atoms with E-state index in [4.69, 9.17) is 4.98 Å². The van der Waals surface area contributed by atoms with Crippen LogP contribution in [0, 0.1) is 11.8 Å². The number of hydrogen-bond donors (Lipinski definition) is 2. The van der Waals surface area contributed by atoms with Crippen LogP contribution < -0.4 is 10.2 Å². The molecule has 1 amide bonds. The predicted octanol–water partition coefficient (Wildman–Crippen LogP) is 4.74. The molecule has 31 heavy (non-hydrogen) atoms. The van der Waals surface area contributed by atoms with Crippen molar-refractivity contribution >= 4 is 17.7 Å². The number of carboxylic acid groups (broad SMARTS) is 1. The van der Waals surface area contributed by atoms with Crippen LogP contribution in [0.15, 0.2) is 12.1 Å². The Bertz CT molecular complexity index is 790. The van der Waals surface area contributed by atoms with Crippen molar-refractivity contribution in [3.05, 3.63) is 23.4 Å². The topological polar surface area (TPSA) is 82.5 Å². The molecular weight excluding hydrogens is 390 g/mol. The van der Waals surface area contributed by atoms with Gasteiger partial charge in [-0.25, -0.2) is 4.98 Å². The van der Waals surface area contributed by atoms with Gasteiger partial charge in [0.25, 0.3) is 5.91 Å². The van der Waals surface area contributed by atoms with E-state index >= 15 is 0 Å². The Kier molecular flexibility index (Phi) is 7.13. The highest BCUT2D eigenvalue weighted by Gasteiger charge is 2.41. The van der Waals surface area contributed by atoms with Crippen molar-refractivity contribution in [1.29, 1.82) is 0 Å². The van der Waals surface area contributed by atoms with Crippen LogP contribution in [0.5, 0.6) is 0 Å². The van der Waals surface area contributed by atoms with Gasteiger partial charge in [-0.15, -0.1) is 0 Å². The second-order valence-electron chi connectivity index (χ2n) is 9.75. The maximum absolute atomic E-state index is 13.2. The van der Waals surface area contributed by atoms with E-state index in [0.29, 0.717) is 24.8 Å². The third kappa shape index (κ3) is 5.39. The number of hydrogen-bond acceptors (Lipinski definition) is 4. The Morgan fingerprint density at radius 2 is 1.90 bits per heavy atom. The van der Waals surface area contributed by atoms with Gasteiger partial charge in [-0.1, -0.05) is 39.0 Å². The van der Waals surface area contributed by atoms with E-state index in [0.717, 1.165) is 62.1 Å². The van der Waals surface area contributed by atoms with Crippen molar-refractivity contribution in [3.8, 4) is 0 Å². The number of amides is 1. The van der Waals surface area contributed by atoms with E-state index in [1.54, 1.807) is 0 Å². The lowest BCUT2D eigenvalue weighted by Gasteiger charge is -2.25. The molecule has 2 aliphatic carbocycles. The fourth-order valence-electron chi connectivity index (χ4n) is 5.47. The first kappa shape index (κ1) is 22.1. The summed E-state index contributed by atoms with van der Waals surface area (Å²) in [4.78, 5) is 31.8. The van der Waals surface area contributed by atoms with Gasteiger partial charge >= 0.3 is 5.97 Å². The van der Waals surface area contributed by atoms with Crippen LogP contribution in [0.1, 0.15) is 99.5 Å². The number of rotatable bonds is 7. The summed E-state index contributed by atoms with van der Waals surface area (Å²) in [5, 5.41) is 12.7. The van der Waals surface area contributed by atoms with Crippen molar-refractivity contribution < 1.29 is 14.7 Å². The number of carbonyl (C=O) groups excluding carboxylic acids is 1. The molecule has 0 aromatic carbocycles. The van der Waals surface area contributed by atoms with Gasteiger partial charge in [0.05, 0.1) is 17.2 Å². The molecule has 3 fully saturated rings. The maximum Gasteiger partial charge on any atom is 0.306 e. The van der Waals surface area contributed by atoms with Crippen molar-refractivity contribution in [1.82, 2.24) is 10.3 Å². The molecule has 0 spiro atoms. The minimum atomic E-state index is -0.689. The van der Waals surface area contributed by atoms with Crippen LogP contribution in [0.3, 0.4) is 0 Å². The molecule has 0 bridgehead atoms. The largest absolute Gasteiger partial charge is 0.481 e. The van der Waals surface area contributed by atoms with Crippen molar-refractivity contribution in [2.24, 2.45) is 11.8 Å². The minimum Gasteiger partial charge on any atom is -0.481 e. The van der Waals surface area contributed by atoms with Crippen LogP contribution in [0.2, 0.25) is 0 Å². The summed E-state index contributed by atoms with van der Waals surface area (Å²) in [6.07, 6.45) is 11.5. The average Bonchev–Trinajstić information content (AvgIpc) is 3.57. The summed E-state index contributed by atoms with van der Waals surface area (Å²) in [5.74, 6) is 0.996. The molecule has 3 atom stereocenters. The second kappa shape index (κ2) is 10.0. The number of anilines is 1. The van der Waals surface area contributed by atoms with Gasteiger partial charge < -0.3 is 15.3 Å². The first-order valence-electron chi connectivity index (χ1n) is 12.4. The molecular formula is C25H37N3O3. The molecule has 6 heteroatoms. The molecule has 170 valence electrons. The fourth-order valence-corrected chi connectivity index (χ4v) is 5.47. The van der Waals surface area contributed by atoms with Gasteiger partial charge in [-0.3, -0.25) is 9.59 Å². The highest BCUT2D eigenvalue weighted by molar-refractivity contribution is 5.96. The van der Waals surface area contributed by atoms with Gasteiger partial charge in [0.2, 0.25) is 0 Å². The highest BCUT2D eigenvalue weighted by atomic mass is 16.4. The molecule has 1 aromatic heterocycles. The molecule has 1 aromatic rings. The van der Waals surface area contributed by atoms with Crippen LogP contribution in [-0.4, -0.2) is 41.1 Å². The van der Waals surface area contributed by atoms with Gasteiger partial charge in [0.1, 0.15) is 5.82 Å². The first-order chi connectivity index (χ1) is 15.1. The smallest absolute Gasteiger partial charge is 0.306 e. The normalized spacial score (nSPS) is 26.9. The molecule has 1 aliphatic heterocycles. The van der Waals surface area contributed by atoms with E-state index in [9.17, 15) is 14.7 Å². The van der Waals surface area contributed by atoms with E-state index < -0.39 is 5.97 Å². The zero-order valence-corrected chi connectivity index (χ0v) is 18.8. The van der Waals surface area contributed by atoms with Crippen molar-refractivity contribution in [2.45, 2.75) is 89.5 Å². The molecule has 0 radical (unpaired) electrons. The zero-order valence-electron chi connectivity index (χ0n) is 18.8. The Morgan fingerprint density at radius 1 is 1.10 bits per heavy atom. The zero-order chi connectivity index (χ0) is 21.8. The van der Waals surface area contributed by atoms with Gasteiger partial charge in [0.15, 0.2) is 0 Å². The fraction of sp³-hybridized carbons (Fsp3) is 0.720. The van der Waals surface area contributed by atoms with Gasteiger partial charge in [-0.2, -0.15) is 0 Å². The van der Waals surface area contributed by atoms with Crippen LogP contribution in [0.25, 0.3) is 0 Å². The monoisotopic (exact) mass is 427 g/mol. The molecule has 4 rings (SSSR count). The lowest BCUT2D eigenvalue weighted by molar-refractivity contribution is -0.142. The quantitative estimate of drug-likeness (QED) is 0.657. The average molecular weight is 428 g/mol. The molecule has 1 saturated heterocycles. The Morgan fingerprint density at radius 3 is 2.65 bits per heavy atom. The predicted molar refractivity (Wildman–Crippen MR) is 122 cm³/mol. The summed E-state index contributed by atoms with van der Waals surface area (Å²) >= 11 is 0. The third-order valence-electron chi connectivity index (χ3n) is 7.43. The van der Waals surface area contributed by atoms with E-state index in [1.165, 1.54) is 25.7 Å². The number of aromatic nitrogens is 1. The summed E-state index contributed by atoms with van der Waals surface area (Å²) in [5.41, 5.74) is 1.71. The molecule has 2 saturated carbocycles. The number of pyridine rings is 1. The Hall–Kier alpha value is -2.11. The SMILES string of the molecule is CCCC1CC1c1nc(N2CCCC(C(=O)O)CC2)ccc1C(=O)NC1CCCCC1. The lowest BCUT2D eigenvalue weighted by atomic mass is 9.95. The molecule has 2 heterocycles. The van der Waals surface area contributed by atoms with E-state index in [-0.39, 0.29) is 17.9 Å². The molecule has 2 N–H and O–H groups in total. The lowest BCUT2D eigenvalue weighted by Crippen LogP contribution is -2.37. The third-order valence-corrected chi connectivity index (χ3v) is 7.43. The van der Waals surface area contributed by atoms with Crippen molar-refractivity contribution in [3.63, 3.8) is 0 Å². The van der Waals surface area contributed by atoms with E-state index in [1.807, 2.05) is 12.1 Å². The molecule has 6 nitrogen and oxygen atoms in total. The van der Waals surface area contributed by atoms with E-state index in [2.05, 4.69) is 17.1 Å².